The summed E-state index contributed by atoms with van der Waals surface area (Å²) in [5.41, 5.74) is 17.1. The predicted molar refractivity (Wildman–Crippen MR) is 130 cm³/mol. The van der Waals surface area contributed by atoms with Crippen molar-refractivity contribution in [3.63, 3.8) is 0 Å². The van der Waals surface area contributed by atoms with E-state index < -0.39 is 0 Å². The van der Waals surface area contributed by atoms with Crippen LogP contribution in [-0.4, -0.2) is 47.0 Å². The van der Waals surface area contributed by atoms with E-state index in [1.807, 2.05) is 24.3 Å². The minimum absolute atomic E-state index is 0.133. The molecule has 1 amide bonds. The predicted octanol–water partition coefficient (Wildman–Crippen LogP) is 3.58. The lowest BCUT2D eigenvalue weighted by Gasteiger charge is -2.30. The van der Waals surface area contributed by atoms with Gasteiger partial charge in [0.1, 0.15) is 0 Å². The molecule has 32 heavy (non-hydrogen) atoms. The standard InChI is InChI=1S/C25H32N6O/c1-25(2,3)18-14-21(15-5-6-20-17(13-15)19(26)7-10-28-20)30-23(22(18)27)24(32)29-16-8-11-31(4)12-9-16/h5-7,10,13-14,16H,8-9,11-12,27H2,1-4H3,(H2,26,28)(H,29,32). The summed E-state index contributed by atoms with van der Waals surface area (Å²) < 4.78 is 0. The molecule has 0 saturated carbocycles. The number of nitrogens with one attached hydrogen (secondary N) is 1. The fourth-order valence-corrected chi connectivity index (χ4v) is 4.23. The third-order valence-corrected chi connectivity index (χ3v) is 6.21. The first kappa shape index (κ1) is 22.0. The topological polar surface area (TPSA) is 110 Å². The fourth-order valence-electron chi connectivity index (χ4n) is 4.23. The molecule has 1 saturated heterocycles. The summed E-state index contributed by atoms with van der Waals surface area (Å²) in [4.78, 5) is 24.6. The number of likely N-dealkylation sites (tertiary alicyclic amines) is 1. The molecule has 168 valence electrons. The maximum Gasteiger partial charge on any atom is 0.272 e. The van der Waals surface area contributed by atoms with Gasteiger partial charge in [-0.3, -0.25) is 9.78 Å². The fraction of sp³-hybridized carbons (Fsp3) is 0.400. The van der Waals surface area contributed by atoms with Gasteiger partial charge in [0, 0.05) is 28.9 Å². The molecule has 1 aliphatic heterocycles. The van der Waals surface area contributed by atoms with E-state index in [2.05, 4.69) is 43.0 Å². The number of nitrogens with zero attached hydrogens (tertiary/aromatic N) is 3. The van der Waals surface area contributed by atoms with Gasteiger partial charge in [-0.2, -0.15) is 0 Å². The Morgan fingerprint density at radius 2 is 1.84 bits per heavy atom. The van der Waals surface area contributed by atoms with Crippen molar-refractivity contribution in [1.82, 2.24) is 20.2 Å². The first-order valence-corrected chi connectivity index (χ1v) is 11.1. The molecule has 1 fully saturated rings. The largest absolute Gasteiger partial charge is 0.398 e. The van der Waals surface area contributed by atoms with Crippen molar-refractivity contribution in [3.8, 4) is 11.3 Å². The van der Waals surface area contributed by atoms with Crippen LogP contribution < -0.4 is 16.8 Å². The van der Waals surface area contributed by atoms with Gasteiger partial charge in [-0.1, -0.05) is 26.8 Å². The van der Waals surface area contributed by atoms with Crippen molar-refractivity contribution >= 4 is 28.2 Å². The second kappa shape index (κ2) is 8.39. The zero-order valence-corrected chi connectivity index (χ0v) is 19.3. The molecule has 0 aliphatic carbocycles. The summed E-state index contributed by atoms with van der Waals surface area (Å²) in [5, 5.41) is 4.01. The van der Waals surface area contributed by atoms with Gasteiger partial charge in [0.25, 0.3) is 5.91 Å². The average Bonchev–Trinajstić information content (AvgIpc) is 2.75. The van der Waals surface area contributed by atoms with Crippen LogP contribution >= 0.6 is 0 Å². The Hall–Kier alpha value is -3.19. The number of hydrogen-bond acceptors (Lipinski definition) is 6. The number of carbonyl (C=O) groups is 1. The summed E-state index contributed by atoms with van der Waals surface area (Å²) in [5.74, 6) is -0.216. The SMILES string of the molecule is CN1CCC(NC(=O)c2nc(-c3ccc4nccc(N)c4c3)cc(C(C)(C)C)c2N)CC1. The van der Waals surface area contributed by atoms with Gasteiger partial charge in [0.15, 0.2) is 5.69 Å². The van der Waals surface area contributed by atoms with E-state index in [-0.39, 0.29) is 23.1 Å². The highest BCUT2D eigenvalue weighted by Gasteiger charge is 2.26. The van der Waals surface area contributed by atoms with Gasteiger partial charge in [0.05, 0.1) is 16.9 Å². The zero-order chi connectivity index (χ0) is 23.0. The van der Waals surface area contributed by atoms with Gasteiger partial charge in [0.2, 0.25) is 0 Å². The van der Waals surface area contributed by atoms with Crippen LogP contribution in [0.3, 0.4) is 0 Å². The molecule has 3 aromatic rings. The molecule has 7 heteroatoms. The van der Waals surface area contributed by atoms with Crippen LogP contribution in [0.25, 0.3) is 22.2 Å². The van der Waals surface area contributed by atoms with Crippen LogP contribution in [0, 0.1) is 0 Å². The van der Waals surface area contributed by atoms with Gasteiger partial charge >= 0.3 is 0 Å². The van der Waals surface area contributed by atoms with Crippen molar-refractivity contribution in [2.75, 3.05) is 31.6 Å². The van der Waals surface area contributed by atoms with Crippen molar-refractivity contribution in [1.29, 1.82) is 0 Å². The zero-order valence-electron chi connectivity index (χ0n) is 19.3. The van der Waals surface area contributed by atoms with Crippen LogP contribution in [0.5, 0.6) is 0 Å². The highest BCUT2D eigenvalue weighted by Crippen LogP contribution is 2.34. The Morgan fingerprint density at radius 1 is 1.12 bits per heavy atom. The quantitative estimate of drug-likeness (QED) is 0.583. The molecular formula is C25H32N6O. The monoisotopic (exact) mass is 432 g/mol. The molecule has 1 aromatic carbocycles. The smallest absolute Gasteiger partial charge is 0.272 e. The van der Waals surface area contributed by atoms with E-state index in [9.17, 15) is 4.79 Å². The Labute approximate surface area is 189 Å². The average molecular weight is 433 g/mol. The Bertz CT molecular complexity index is 1160. The normalized spacial score (nSPS) is 15.8. The number of hydrogen-bond donors (Lipinski definition) is 3. The minimum atomic E-state index is -0.248. The number of nitrogen functional groups attached to an aromatic ring is 2. The maximum atomic E-state index is 13.2. The highest BCUT2D eigenvalue weighted by atomic mass is 16.2. The number of amides is 1. The molecular weight excluding hydrogens is 400 g/mol. The number of rotatable bonds is 3. The Morgan fingerprint density at radius 3 is 2.53 bits per heavy atom. The van der Waals surface area contributed by atoms with Crippen LogP contribution in [0.4, 0.5) is 11.4 Å². The summed E-state index contributed by atoms with van der Waals surface area (Å²) in [6.45, 7) is 8.19. The number of benzene rings is 1. The van der Waals surface area contributed by atoms with E-state index in [0.29, 0.717) is 17.1 Å². The molecule has 7 nitrogen and oxygen atoms in total. The first-order chi connectivity index (χ1) is 15.1. The molecule has 3 heterocycles. The summed E-state index contributed by atoms with van der Waals surface area (Å²) in [7, 11) is 2.10. The summed E-state index contributed by atoms with van der Waals surface area (Å²) in [6.07, 6.45) is 3.54. The lowest BCUT2D eigenvalue weighted by Crippen LogP contribution is -2.43. The molecule has 4 rings (SSSR count). The van der Waals surface area contributed by atoms with Crippen LogP contribution in [0.1, 0.15) is 49.7 Å². The lowest BCUT2D eigenvalue weighted by atomic mass is 9.84. The Kier molecular flexibility index (Phi) is 5.77. The van der Waals surface area contributed by atoms with Crippen molar-refractivity contribution in [3.05, 3.63) is 47.8 Å². The van der Waals surface area contributed by atoms with E-state index in [1.54, 1.807) is 12.3 Å². The second-order valence-corrected chi connectivity index (χ2v) is 9.75. The number of piperidine rings is 1. The summed E-state index contributed by atoms with van der Waals surface area (Å²) >= 11 is 0. The molecule has 0 radical (unpaired) electrons. The van der Waals surface area contributed by atoms with E-state index >= 15 is 0 Å². The first-order valence-electron chi connectivity index (χ1n) is 11.1. The van der Waals surface area contributed by atoms with Crippen molar-refractivity contribution in [2.24, 2.45) is 0 Å². The second-order valence-electron chi connectivity index (χ2n) is 9.75. The molecule has 5 N–H and O–H groups in total. The number of anilines is 2. The van der Waals surface area contributed by atoms with Gasteiger partial charge in [-0.25, -0.2) is 4.98 Å². The number of fused-ring (bicyclic) bond motifs is 1. The highest BCUT2D eigenvalue weighted by molar-refractivity contribution is 5.99. The summed E-state index contributed by atoms with van der Waals surface area (Å²) in [6, 6.07) is 9.75. The molecule has 0 spiro atoms. The molecule has 0 atom stereocenters. The van der Waals surface area contributed by atoms with Crippen molar-refractivity contribution in [2.45, 2.75) is 45.1 Å². The maximum absolute atomic E-state index is 13.2. The van der Waals surface area contributed by atoms with Crippen LogP contribution in [-0.2, 0) is 5.41 Å². The van der Waals surface area contributed by atoms with Gasteiger partial charge < -0.3 is 21.7 Å². The minimum Gasteiger partial charge on any atom is -0.398 e. The number of aromatic nitrogens is 2. The molecule has 2 aromatic heterocycles. The molecule has 0 unspecified atom stereocenters. The van der Waals surface area contributed by atoms with E-state index in [1.165, 1.54) is 0 Å². The molecule has 1 aliphatic rings. The Balaban J connectivity index is 1.77. The third kappa shape index (κ3) is 4.39. The van der Waals surface area contributed by atoms with E-state index in [0.717, 1.165) is 48.0 Å². The number of carbonyl (C=O) groups excluding carboxylic acids is 1. The number of nitrogens with two attached hydrogens (primary N) is 2. The van der Waals surface area contributed by atoms with E-state index in [4.69, 9.17) is 16.5 Å². The van der Waals surface area contributed by atoms with Crippen LogP contribution in [0.2, 0.25) is 0 Å². The van der Waals surface area contributed by atoms with Crippen molar-refractivity contribution < 1.29 is 4.79 Å². The van der Waals surface area contributed by atoms with Crippen LogP contribution in [0.15, 0.2) is 36.5 Å². The third-order valence-electron chi connectivity index (χ3n) is 6.21. The molecule has 0 bridgehead atoms. The van der Waals surface area contributed by atoms with Gasteiger partial charge in [-0.05, 0) is 68.2 Å². The van der Waals surface area contributed by atoms with Gasteiger partial charge in [-0.15, -0.1) is 0 Å². The number of pyridine rings is 2. The lowest BCUT2D eigenvalue weighted by molar-refractivity contribution is 0.0913.